The molecule has 0 saturated carbocycles. The number of hydrogen-bond donors (Lipinski definition) is 1. The van der Waals surface area contributed by atoms with Gasteiger partial charge in [-0.2, -0.15) is 0 Å². The van der Waals surface area contributed by atoms with Crippen LogP contribution in [0.2, 0.25) is 0 Å². The van der Waals surface area contributed by atoms with Gasteiger partial charge in [-0.05, 0) is 47.5 Å². The predicted molar refractivity (Wildman–Crippen MR) is 93.9 cm³/mol. The minimum Gasteiger partial charge on any atom is -0.454 e. The lowest BCUT2D eigenvalue weighted by Gasteiger charge is -2.19. The second-order valence-corrected chi connectivity index (χ2v) is 5.01. The Hall–Kier alpha value is -0.700. The molecule has 0 aromatic heterocycles. The average molecular weight is 456 g/mol. The summed E-state index contributed by atoms with van der Waals surface area (Å²) >= 11 is 3.47. The SMILES string of the molecule is CCN(CC)C(N)=NCc1cc(Br)c2c(c1)OCO2.I. The first-order chi connectivity index (χ1) is 9.15. The van der Waals surface area contributed by atoms with Gasteiger partial charge in [0.2, 0.25) is 6.79 Å². The van der Waals surface area contributed by atoms with E-state index >= 15 is 0 Å². The van der Waals surface area contributed by atoms with Gasteiger partial charge < -0.3 is 20.1 Å². The van der Waals surface area contributed by atoms with Crippen LogP contribution in [0.4, 0.5) is 0 Å². The summed E-state index contributed by atoms with van der Waals surface area (Å²) in [6.07, 6.45) is 0. The molecular weight excluding hydrogens is 437 g/mol. The van der Waals surface area contributed by atoms with E-state index in [0.29, 0.717) is 12.5 Å². The fourth-order valence-corrected chi connectivity index (χ4v) is 2.54. The number of hydrogen-bond acceptors (Lipinski definition) is 3. The normalized spacial score (nSPS) is 13.1. The molecule has 0 atom stereocenters. The molecule has 0 unspecified atom stereocenters. The molecule has 0 fully saturated rings. The third-order valence-corrected chi connectivity index (χ3v) is 3.59. The van der Waals surface area contributed by atoms with Gasteiger partial charge in [-0.25, -0.2) is 4.99 Å². The van der Waals surface area contributed by atoms with E-state index in [9.17, 15) is 0 Å². The average Bonchev–Trinajstić information content (AvgIpc) is 2.86. The van der Waals surface area contributed by atoms with E-state index in [4.69, 9.17) is 15.2 Å². The van der Waals surface area contributed by atoms with Crippen molar-refractivity contribution in [1.29, 1.82) is 0 Å². The maximum Gasteiger partial charge on any atom is 0.231 e. The smallest absolute Gasteiger partial charge is 0.231 e. The molecule has 2 rings (SSSR count). The Morgan fingerprint density at radius 1 is 1.35 bits per heavy atom. The van der Waals surface area contributed by atoms with Crippen LogP contribution in [0.15, 0.2) is 21.6 Å². The second kappa shape index (κ2) is 7.92. The highest BCUT2D eigenvalue weighted by Gasteiger charge is 2.17. The molecule has 7 heteroatoms. The summed E-state index contributed by atoms with van der Waals surface area (Å²) in [7, 11) is 0. The van der Waals surface area contributed by atoms with Crippen molar-refractivity contribution in [3.05, 3.63) is 22.2 Å². The van der Waals surface area contributed by atoms with E-state index in [1.165, 1.54) is 0 Å². The van der Waals surface area contributed by atoms with Crippen LogP contribution in [0.5, 0.6) is 11.5 Å². The Bertz CT molecular complexity index is 493. The molecule has 1 aromatic carbocycles. The Kier molecular flexibility index (Phi) is 6.87. The van der Waals surface area contributed by atoms with Gasteiger partial charge in [0.15, 0.2) is 17.5 Å². The summed E-state index contributed by atoms with van der Waals surface area (Å²) in [5.41, 5.74) is 6.98. The van der Waals surface area contributed by atoms with Gasteiger partial charge in [0.25, 0.3) is 0 Å². The highest BCUT2D eigenvalue weighted by atomic mass is 127. The molecule has 0 spiro atoms. The predicted octanol–water partition coefficient (Wildman–Crippen LogP) is 2.95. The Morgan fingerprint density at radius 3 is 2.70 bits per heavy atom. The van der Waals surface area contributed by atoms with Crippen LogP contribution in [0.3, 0.4) is 0 Å². The Morgan fingerprint density at radius 2 is 2.05 bits per heavy atom. The van der Waals surface area contributed by atoms with Gasteiger partial charge in [0.05, 0.1) is 11.0 Å². The Balaban J connectivity index is 0.00000200. The highest BCUT2D eigenvalue weighted by Crippen LogP contribution is 2.40. The van der Waals surface area contributed by atoms with E-state index in [0.717, 1.165) is 34.6 Å². The molecular formula is C13H19BrIN3O2. The van der Waals surface area contributed by atoms with E-state index < -0.39 is 0 Å². The summed E-state index contributed by atoms with van der Waals surface area (Å²) in [5.74, 6) is 2.07. The molecule has 1 aromatic rings. The molecule has 1 aliphatic heterocycles. The van der Waals surface area contributed by atoms with Crippen LogP contribution < -0.4 is 15.2 Å². The van der Waals surface area contributed by atoms with E-state index in [1.807, 2.05) is 17.0 Å². The lowest BCUT2D eigenvalue weighted by Crippen LogP contribution is -2.37. The molecule has 2 N–H and O–H groups in total. The van der Waals surface area contributed by atoms with Crippen LogP contribution in [-0.4, -0.2) is 30.7 Å². The maximum absolute atomic E-state index is 5.95. The van der Waals surface area contributed by atoms with Crippen LogP contribution in [0.25, 0.3) is 0 Å². The van der Waals surface area contributed by atoms with Crippen molar-refractivity contribution in [2.24, 2.45) is 10.7 Å². The first kappa shape index (κ1) is 17.4. The molecule has 0 bridgehead atoms. The van der Waals surface area contributed by atoms with Crippen molar-refractivity contribution >= 4 is 45.9 Å². The summed E-state index contributed by atoms with van der Waals surface area (Å²) in [6.45, 7) is 6.62. The maximum atomic E-state index is 5.95. The largest absolute Gasteiger partial charge is 0.454 e. The van der Waals surface area contributed by atoms with Crippen molar-refractivity contribution in [3.63, 3.8) is 0 Å². The summed E-state index contributed by atoms with van der Waals surface area (Å²) in [6, 6.07) is 3.92. The van der Waals surface area contributed by atoms with Crippen molar-refractivity contribution in [1.82, 2.24) is 4.90 Å². The van der Waals surface area contributed by atoms with Gasteiger partial charge in [-0.15, -0.1) is 24.0 Å². The molecule has 5 nitrogen and oxygen atoms in total. The topological polar surface area (TPSA) is 60.1 Å². The molecule has 1 heterocycles. The number of nitrogens with zero attached hydrogens (tertiary/aromatic N) is 2. The third-order valence-electron chi connectivity index (χ3n) is 3.00. The zero-order chi connectivity index (χ0) is 13.8. The fraction of sp³-hybridized carbons (Fsp3) is 0.462. The zero-order valence-electron chi connectivity index (χ0n) is 11.6. The monoisotopic (exact) mass is 455 g/mol. The van der Waals surface area contributed by atoms with Crippen LogP contribution in [-0.2, 0) is 6.54 Å². The van der Waals surface area contributed by atoms with E-state index in [-0.39, 0.29) is 30.8 Å². The number of guanidine groups is 1. The third kappa shape index (κ3) is 3.91. The quantitative estimate of drug-likeness (QED) is 0.430. The van der Waals surface area contributed by atoms with Crippen LogP contribution >= 0.6 is 39.9 Å². The van der Waals surface area contributed by atoms with Gasteiger partial charge in [0.1, 0.15) is 0 Å². The molecule has 20 heavy (non-hydrogen) atoms. The number of nitrogens with two attached hydrogens (primary N) is 1. The lowest BCUT2D eigenvalue weighted by atomic mass is 10.2. The van der Waals surface area contributed by atoms with Gasteiger partial charge in [-0.3, -0.25) is 0 Å². The van der Waals surface area contributed by atoms with Crippen molar-refractivity contribution in [3.8, 4) is 11.5 Å². The van der Waals surface area contributed by atoms with Crippen molar-refractivity contribution in [2.75, 3.05) is 19.9 Å². The van der Waals surface area contributed by atoms with Gasteiger partial charge in [0, 0.05) is 13.1 Å². The minimum atomic E-state index is 0. The molecule has 0 aliphatic carbocycles. The van der Waals surface area contributed by atoms with Gasteiger partial charge in [-0.1, -0.05) is 0 Å². The number of rotatable bonds is 4. The molecule has 0 amide bonds. The van der Waals surface area contributed by atoms with Gasteiger partial charge >= 0.3 is 0 Å². The number of aliphatic imine (C=N–C) groups is 1. The van der Waals surface area contributed by atoms with E-state index in [2.05, 4.69) is 34.8 Å². The molecule has 0 saturated heterocycles. The number of halogens is 2. The minimum absolute atomic E-state index is 0. The standard InChI is InChI=1S/C13H18BrN3O2.HI/c1-3-17(4-2)13(15)16-7-9-5-10(14)12-11(6-9)18-8-19-12;/h5-6H,3-4,7-8H2,1-2H3,(H2,15,16);1H. The molecule has 112 valence electrons. The summed E-state index contributed by atoms with van der Waals surface area (Å²) in [4.78, 5) is 6.42. The molecule has 1 aliphatic rings. The first-order valence-electron chi connectivity index (χ1n) is 6.28. The zero-order valence-corrected chi connectivity index (χ0v) is 15.5. The lowest BCUT2D eigenvalue weighted by molar-refractivity contribution is 0.173. The first-order valence-corrected chi connectivity index (χ1v) is 7.07. The number of ether oxygens (including phenoxy) is 2. The number of benzene rings is 1. The summed E-state index contributed by atoms with van der Waals surface area (Å²) < 4.78 is 11.6. The highest BCUT2D eigenvalue weighted by molar-refractivity contribution is 14.0. The van der Waals surface area contributed by atoms with E-state index in [1.54, 1.807) is 0 Å². The van der Waals surface area contributed by atoms with Crippen LogP contribution in [0.1, 0.15) is 19.4 Å². The van der Waals surface area contributed by atoms with Crippen LogP contribution in [0, 0.1) is 0 Å². The number of fused-ring (bicyclic) bond motifs is 1. The van der Waals surface area contributed by atoms with Crippen molar-refractivity contribution in [2.45, 2.75) is 20.4 Å². The second-order valence-electron chi connectivity index (χ2n) is 4.16. The van der Waals surface area contributed by atoms with Crippen molar-refractivity contribution < 1.29 is 9.47 Å². The Labute approximate surface area is 144 Å². The fourth-order valence-electron chi connectivity index (χ4n) is 1.93. The molecule has 0 radical (unpaired) electrons. The summed E-state index contributed by atoms with van der Waals surface area (Å²) in [5, 5.41) is 0.